The van der Waals surface area contributed by atoms with Gasteiger partial charge in [0.05, 0.1) is 18.9 Å². The zero-order valence-corrected chi connectivity index (χ0v) is 11.5. The van der Waals surface area contributed by atoms with Gasteiger partial charge in [0.15, 0.2) is 3.95 Å². The van der Waals surface area contributed by atoms with Crippen molar-refractivity contribution in [3.63, 3.8) is 0 Å². The van der Waals surface area contributed by atoms with Crippen LogP contribution < -0.4 is 5.32 Å². The Morgan fingerprint density at radius 3 is 2.65 bits per heavy atom. The number of amides is 2. The van der Waals surface area contributed by atoms with E-state index in [1.165, 1.54) is 11.3 Å². The van der Waals surface area contributed by atoms with E-state index in [0.717, 1.165) is 14.6 Å². The molecule has 2 amide bonds. The number of anilines is 1. The zero-order valence-electron chi connectivity index (χ0n) is 9.86. The smallest absolute Gasteiger partial charge is 0.322 e. The van der Waals surface area contributed by atoms with Crippen LogP contribution in [0.4, 0.5) is 9.80 Å². The molecule has 1 aromatic rings. The molecule has 0 saturated carbocycles. The Hall–Kier alpha value is -0.920. The SMILES string of the molecule is Cc1c(NC(=O)N2CCOCC2)sc(=S)n1C. The molecule has 17 heavy (non-hydrogen) atoms. The van der Waals surface area contributed by atoms with E-state index < -0.39 is 0 Å². The van der Waals surface area contributed by atoms with Crippen molar-refractivity contribution in [1.82, 2.24) is 9.47 Å². The number of rotatable bonds is 1. The summed E-state index contributed by atoms with van der Waals surface area (Å²) in [5.74, 6) is 0. The Morgan fingerprint density at radius 1 is 1.47 bits per heavy atom. The summed E-state index contributed by atoms with van der Waals surface area (Å²) in [6.07, 6.45) is 0. The minimum atomic E-state index is -0.0757. The minimum Gasteiger partial charge on any atom is -0.378 e. The molecule has 0 atom stereocenters. The molecular formula is C10H15N3O2S2. The molecule has 5 nitrogen and oxygen atoms in total. The highest BCUT2D eigenvalue weighted by Gasteiger charge is 2.18. The molecule has 94 valence electrons. The molecule has 2 heterocycles. The normalized spacial score (nSPS) is 16.0. The van der Waals surface area contributed by atoms with E-state index >= 15 is 0 Å². The molecule has 1 N–H and O–H groups in total. The second kappa shape index (κ2) is 5.16. The van der Waals surface area contributed by atoms with Crippen molar-refractivity contribution in [2.45, 2.75) is 6.92 Å². The van der Waals surface area contributed by atoms with Gasteiger partial charge in [-0.25, -0.2) is 4.79 Å². The molecule has 2 rings (SSSR count). The number of thiazole rings is 1. The van der Waals surface area contributed by atoms with Crippen molar-refractivity contribution in [3.8, 4) is 0 Å². The first kappa shape index (κ1) is 12.5. The van der Waals surface area contributed by atoms with Crippen LogP contribution in [-0.4, -0.2) is 41.8 Å². The molecule has 0 radical (unpaired) electrons. The number of urea groups is 1. The van der Waals surface area contributed by atoms with Crippen molar-refractivity contribution in [2.24, 2.45) is 7.05 Å². The number of morpholine rings is 1. The first-order chi connectivity index (χ1) is 8.09. The molecule has 7 heteroatoms. The van der Waals surface area contributed by atoms with Gasteiger partial charge < -0.3 is 14.2 Å². The fraction of sp³-hybridized carbons (Fsp3) is 0.600. The molecule has 0 bridgehead atoms. The Labute approximate surface area is 109 Å². The van der Waals surface area contributed by atoms with Gasteiger partial charge in [0.1, 0.15) is 5.00 Å². The van der Waals surface area contributed by atoms with Gasteiger partial charge in [0, 0.05) is 20.1 Å². The number of hydrogen-bond acceptors (Lipinski definition) is 4. The van der Waals surface area contributed by atoms with Gasteiger partial charge in [-0.3, -0.25) is 5.32 Å². The Balaban J connectivity index is 2.07. The van der Waals surface area contributed by atoms with Crippen LogP contribution >= 0.6 is 23.6 Å². The van der Waals surface area contributed by atoms with Crippen molar-refractivity contribution < 1.29 is 9.53 Å². The number of ether oxygens (including phenoxy) is 1. The van der Waals surface area contributed by atoms with Crippen LogP contribution in [0.25, 0.3) is 0 Å². The lowest BCUT2D eigenvalue weighted by atomic mass is 10.4. The van der Waals surface area contributed by atoms with E-state index in [1.54, 1.807) is 4.90 Å². The van der Waals surface area contributed by atoms with E-state index in [0.29, 0.717) is 26.3 Å². The molecule has 1 aromatic heterocycles. The van der Waals surface area contributed by atoms with Crippen LogP contribution in [0.1, 0.15) is 5.69 Å². The number of hydrogen-bond donors (Lipinski definition) is 1. The quantitative estimate of drug-likeness (QED) is 0.796. The van der Waals surface area contributed by atoms with E-state index in [1.807, 2.05) is 18.5 Å². The van der Waals surface area contributed by atoms with E-state index in [4.69, 9.17) is 17.0 Å². The number of aromatic nitrogens is 1. The monoisotopic (exact) mass is 273 g/mol. The van der Waals surface area contributed by atoms with E-state index in [2.05, 4.69) is 5.32 Å². The van der Waals surface area contributed by atoms with Crippen molar-refractivity contribution in [1.29, 1.82) is 0 Å². The number of nitrogens with one attached hydrogen (secondary N) is 1. The highest BCUT2D eigenvalue weighted by Crippen LogP contribution is 2.24. The largest absolute Gasteiger partial charge is 0.378 e. The number of carbonyl (C=O) groups excluding carboxylic acids is 1. The van der Waals surface area contributed by atoms with Crippen LogP contribution in [0.15, 0.2) is 0 Å². The molecule has 0 unspecified atom stereocenters. The minimum absolute atomic E-state index is 0.0757. The summed E-state index contributed by atoms with van der Waals surface area (Å²) < 4.78 is 7.87. The average Bonchev–Trinajstić information content (AvgIpc) is 2.58. The molecule has 1 aliphatic heterocycles. The summed E-state index contributed by atoms with van der Waals surface area (Å²) in [6, 6.07) is -0.0757. The Bertz CT molecular complexity index is 474. The van der Waals surface area contributed by atoms with Gasteiger partial charge in [0.2, 0.25) is 0 Å². The zero-order chi connectivity index (χ0) is 12.4. The number of nitrogens with zero attached hydrogens (tertiary/aromatic N) is 2. The topological polar surface area (TPSA) is 46.5 Å². The molecule has 1 fully saturated rings. The summed E-state index contributed by atoms with van der Waals surface area (Å²) in [6.45, 7) is 4.45. The van der Waals surface area contributed by atoms with Gasteiger partial charge in [-0.1, -0.05) is 11.3 Å². The van der Waals surface area contributed by atoms with Crippen LogP contribution in [-0.2, 0) is 11.8 Å². The molecule has 0 aliphatic carbocycles. The maximum absolute atomic E-state index is 12.0. The van der Waals surface area contributed by atoms with E-state index in [9.17, 15) is 4.79 Å². The van der Waals surface area contributed by atoms with Crippen LogP contribution in [0.5, 0.6) is 0 Å². The summed E-state index contributed by atoms with van der Waals surface area (Å²) in [5, 5.41) is 3.73. The van der Waals surface area contributed by atoms with Crippen molar-refractivity contribution in [3.05, 3.63) is 9.65 Å². The summed E-state index contributed by atoms with van der Waals surface area (Å²) in [7, 11) is 1.90. The van der Waals surface area contributed by atoms with Crippen LogP contribution in [0, 0.1) is 10.9 Å². The van der Waals surface area contributed by atoms with Crippen molar-refractivity contribution in [2.75, 3.05) is 31.6 Å². The third-order valence-electron chi connectivity index (χ3n) is 2.81. The lowest BCUT2D eigenvalue weighted by molar-refractivity contribution is 0.0565. The van der Waals surface area contributed by atoms with Crippen LogP contribution in [0.2, 0.25) is 0 Å². The molecular weight excluding hydrogens is 258 g/mol. The first-order valence-electron chi connectivity index (χ1n) is 5.39. The maximum Gasteiger partial charge on any atom is 0.322 e. The first-order valence-corrected chi connectivity index (χ1v) is 6.62. The Kier molecular flexibility index (Phi) is 3.80. The third-order valence-corrected chi connectivity index (χ3v) is 4.39. The summed E-state index contributed by atoms with van der Waals surface area (Å²) in [5.41, 5.74) is 0.988. The molecule has 0 aromatic carbocycles. The average molecular weight is 273 g/mol. The predicted octanol–water partition coefficient (Wildman–Crippen LogP) is 1.99. The lowest BCUT2D eigenvalue weighted by Gasteiger charge is -2.26. The van der Waals surface area contributed by atoms with Gasteiger partial charge in [0.25, 0.3) is 0 Å². The van der Waals surface area contributed by atoms with Crippen molar-refractivity contribution >= 4 is 34.6 Å². The summed E-state index contributed by atoms with van der Waals surface area (Å²) >= 11 is 6.59. The molecule has 1 aliphatic rings. The summed E-state index contributed by atoms with van der Waals surface area (Å²) in [4.78, 5) is 13.7. The highest BCUT2D eigenvalue weighted by molar-refractivity contribution is 7.73. The maximum atomic E-state index is 12.0. The standard InChI is InChI=1S/C10H15N3O2S2/c1-7-8(17-10(16)12(7)2)11-9(14)13-3-5-15-6-4-13/h3-6H2,1-2H3,(H,11,14). The second-order valence-electron chi connectivity index (χ2n) is 3.87. The van der Waals surface area contributed by atoms with Crippen LogP contribution in [0.3, 0.4) is 0 Å². The second-order valence-corrected chi connectivity index (χ2v) is 5.52. The number of carbonyl (C=O) groups is 1. The van der Waals surface area contributed by atoms with Gasteiger partial charge in [-0.2, -0.15) is 0 Å². The molecule has 0 spiro atoms. The van der Waals surface area contributed by atoms with Gasteiger partial charge >= 0.3 is 6.03 Å². The Morgan fingerprint density at radius 2 is 2.12 bits per heavy atom. The fourth-order valence-electron chi connectivity index (χ4n) is 1.58. The highest BCUT2D eigenvalue weighted by atomic mass is 32.1. The predicted molar refractivity (Wildman–Crippen MR) is 70.3 cm³/mol. The third kappa shape index (κ3) is 2.67. The van der Waals surface area contributed by atoms with Gasteiger partial charge in [-0.15, -0.1) is 0 Å². The fourth-order valence-corrected chi connectivity index (χ4v) is 2.84. The lowest BCUT2D eigenvalue weighted by Crippen LogP contribution is -2.43. The van der Waals surface area contributed by atoms with E-state index in [-0.39, 0.29) is 6.03 Å². The van der Waals surface area contributed by atoms with Gasteiger partial charge in [-0.05, 0) is 19.1 Å². The molecule has 1 saturated heterocycles.